The highest BCUT2D eigenvalue weighted by Crippen LogP contribution is 2.28. The second kappa shape index (κ2) is 10.0. The molecule has 7 nitrogen and oxygen atoms in total. The summed E-state index contributed by atoms with van der Waals surface area (Å²) in [6, 6.07) is 3.97. The predicted molar refractivity (Wildman–Crippen MR) is 118 cm³/mol. The molecular formula is C22H29NO6S. The SMILES string of the molecule is CCc1cc2c(C)cc(=O)oc2cc1OC(=O)[C@@H](CCSC)NC(=O)OC(C)(C)C. The van der Waals surface area contributed by atoms with Crippen molar-refractivity contribution in [1.82, 2.24) is 5.32 Å². The van der Waals surface area contributed by atoms with E-state index in [0.717, 1.165) is 16.5 Å². The monoisotopic (exact) mass is 435 g/mol. The number of alkyl carbamates (subject to hydrolysis) is 1. The van der Waals surface area contributed by atoms with Gasteiger partial charge in [-0.05, 0) is 69.7 Å². The Morgan fingerprint density at radius 2 is 1.93 bits per heavy atom. The summed E-state index contributed by atoms with van der Waals surface area (Å²) in [5.74, 6) is 0.366. The molecule has 0 bridgehead atoms. The van der Waals surface area contributed by atoms with E-state index in [9.17, 15) is 14.4 Å². The number of esters is 1. The van der Waals surface area contributed by atoms with Crippen molar-refractivity contribution in [3.05, 3.63) is 39.7 Å². The van der Waals surface area contributed by atoms with Gasteiger partial charge in [0.05, 0.1) is 0 Å². The molecule has 1 aromatic heterocycles. The van der Waals surface area contributed by atoms with Crippen LogP contribution in [0.5, 0.6) is 5.75 Å². The second-order valence-electron chi connectivity index (χ2n) is 7.96. The topological polar surface area (TPSA) is 94.8 Å². The Labute approximate surface area is 180 Å². The summed E-state index contributed by atoms with van der Waals surface area (Å²) in [4.78, 5) is 36.7. The van der Waals surface area contributed by atoms with E-state index >= 15 is 0 Å². The number of ether oxygens (including phenoxy) is 2. The summed E-state index contributed by atoms with van der Waals surface area (Å²) in [5, 5.41) is 3.39. The number of fused-ring (bicyclic) bond motifs is 1. The van der Waals surface area contributed by atoms with Gasteiger partial charge in [0.25, 0.3) is 0 Å². The van der Waals surface area contributed by atoms with E-state index in [4.69, 9.17) is 13.9 Å². The zero-order valence-electron chi connectivity index (χ0n) is 18.3. The smallest absolute Gasteiger partial charge is 0.408 e. The minimum atomic E-state index is -0.864. The molecule has 0 unspecified atom stereocenters. The molecule has 1 aromatic carbocycles. The fourth-order valence-corrected chi connectivity index (χ4v) is 3.35. The van der Waals surface area contributed by atoms with Crippen molar-refractivity contribution in [2.24, 2.45) is 0 Å². The van der Waals surface area contributed by atoms with Crippen LogP contribution < -0.4 is 15.7 Å². The van der Waals surface area contributed by atoms with E-state index in [0.29, 0.717) is 29.9 Å². The summed E-state index contributed by atoms with van der Waals surface area (Å²) in [6.07, 6.45) is 2.24. The molecule has 0 aliphatic carbocycles. The summed E-state index contributed by atoms with van der Waals surface area (Å²) >= 11 is 1.56. The first-order valence-corrected chi connectivity index (χ1v) is 11.2. The number of benzene rings is 1. The van der Waals surface area contributed by atoms with Crippen molar-refractivity contribution in [3.63, 3.8) is 0 Å². The number of hydrogen-bond donors (Lipinski definition) is 1. The lowest BCUT2D eigenvalue weighted by Gasteiger charge is -2.23. The van der Waals surface area contributed by atoms with Gasteiger partial charge in [-0.1, -0.05) is 6.92 Å². The van der Waals surface area contributed by atoms with Gasteiger partial charge in [0, 0.05) is 17.5 Å². The van der Waals surface area contributed by atoms with Crippen LogP contribution in [0.3, 0.4) is 0 Å². The van der Waals surface area contributed by atoms with Crippen molar-refractivity contribution >= 4 is 34.8 Å². The summed E-state index contributed by atoms with van der Waals surface area (Å²) in [7, 11) is 0. The van der Waals surface area contributed by atoms with Gasteiger partial charge in [0.15, 0.2) is 0 Å². The zero-order valence-corrected chi connectivity index (χ0v) is 19.1. The number of rotatable bonds is 7. The van der Waals surface area contributed by atoms with Gasteiger partial charge in [0.1, 0.15) is 23.0 Å². The van der Waals surface area contributed by atoms with Crippen molar-refractivity contribution < 1.29 is 23.5 Å². The Kier molecular flexibility index (Phi) is 7.95. The third-order valence-corrected chi connectivity index (χ3v) is 4.95. The average molecular weight is 436 g/mol. The maximum atomic E-state index is 12.9. The van der Waals surface area contributed by atoms with Crippen LogP contribution in [0, 0.1) is 6.92 Å². The Morgan fingerprint density at radius 3 is 2.53 bits per heavy atom. The van der Waals surface area contributed by atoms with Gasteiger partial charge in [-0.25, -0.2) is 14.4 Å². The molecule has 0 saturated heterocycles. The quantitative estimate of drug-likeness (QED) is 0.395. The molecule has 164 valence electrons. The number of hydrogen-bond acceptors (Lipinski definition) is 7. The zero-order chi connectivity index (χ0) is 22.5. The lowest BCUT2D eigenvalue weighted by atomic mass is 10.1. The molecule has 1 amide bonds. The molecular weight excluding hydrogens is 406 g/mol. The van der Waals surface area contributed by atoms with Crippen LogP contribution in [-0.2, 0) is 16.0 Å². The van der Waals surface area contributed by atoms with Gasteiger partial charge >= 0.3 is 17.7 Å². The first-order chi connectivity index (χ1) is 14.0. The van der Waals surface area contributed by atoms with Crippen LogP contribution in [0.2, 0.25) is 0 Å². The van der Waals surface area contributed by atoms with E-state index < -0.39 is 29.3 Å². The highest BCUT2D eigenvalue weighted by atomic mass is 32.2. The maximum Gasteiger partial charge on any atom is 0.408 e. The van der Waals surface area contributed by atoms with Crippen LogP contribution in [0.1, 0.15) is 45.2 Å². The Bertz CT molecular complexity index is 976. The standard InChI is InChI=1S/C22H29NO6S/c1-7-14-11-15-13(2)10-19(24)27-18(15)12-17(14)28-20(25)16(8-9-30-6)23-21(26)29-22(3,4)5/h10-12,16H,7-9H2,1-6H3,(H,23,26)/t16-/m1/s1. The molecule has 0 fully saturated rings. The van der Waals surface area contributed by atoms with Gasteiger partial charge in [0.2, 0.25) is 0 Å². The van der Waals surface area contributed by atoms with Crippen LogP contribution in [-0.4, -0.2) is 35.7 Å². The molecule has 0 spiro atoms. The van der Waals surface area contributed by atoms with Crippen molar-refractivity contribution in [3.8, 4) is 5.75 Å². The highest BCUT2D eigenvalue weighted by molar-refractivity contribution is 7.98. The lowest BCUT2D eigenvalue weighted by Crippen LogP contribution is -2.45. The van der Waals surface area contributed by atoms with Gasteiger partial charge in [-0.2, -0.15) is 11.8 Å². The Hall–Kier alpha value is -2.48. The molecule has 1 N–H and O–H groups in total. The van der Waals surface area contributed by atoms with Crippen molar-refractivity contribution in [1.29, 1.82) is 0 Å². The number of nitrogens with one attached hydrogen (secondary N) is 1. The lowest BCUT2D eigenvalue weighted by molar-refractivity contribution is -0.136. The molecule has 2 rings (SSSR count). The molecule has 0 saturated carbocycles. The number of carbonyl (C=O) groups excluding carboxylic acids is 2. The van der Waals surface area contributed by atoms with Crippen molar-refractivity contribution in [2.75, 3.05) is 12.0 Å². The van der Waals surface area contributed by atoms with E-state index in [1.165, 1.54) is 6.07 Å². The third kappa shape index (κ3) is 6.52. The summed E-state index contributed by atoms with van der Waals surface area (Å²) in [5.41, 5.74) is 0.792. The summed E-state index contributed by atoms with van der Waals surface area (Å²) in [6.45, 7) is 9.02. The first-order valence-electron chi connectivity index (χ1n) is 9.81. The minimum absolute atomic E-state index is 0.309. The fourth-order valence-electron chi connectivity index (χ4n) is 2.88. The van der Waals surface area contributed by atoms with Crippen LogP contribution >= 0.6 is 11.8 Å². The predicted octanol–water partition coefficient (Wildman–Crippen LogP) is 4.22. The van der Waals surface area contributed by atoms with Crippen LogP contribution in [0.25, 0.3) is 11.0 Å². The van der Waals surface area contributed by atoms with E-state index in [1.807, 2.05) is 26.2 Å². The van der Waals surface area contributed by atoms with Gasteiger partial charge in [-0.3, -0.25) is 0 Å². The molecule has 30 heavy (non-hydrogen) atoms. The summed E-state index contributed by atoms with van der Waals surface area (Å²) < 4.78 is 16.2. The molecule has 2 aromatic rings. The number of amides is 1. The first kappa shape index (κ1) is 23.8. The third-order valence-electron chi connectivity index (χ3n) is 4.31. The fraction of sp³-hybridized carbons (Fsp3) is 0.500. The average Bonchev–Trinajstić information content (AvgIpc) is 2.62. The van der Waals surface area contributed by atoms with Crippen molar-refractivity contribution in [2.45, 2.75) is 59.1 Å². The van der Waals surface area contributed by atoms with Crippen LogP contribution in [0.4, 0.5) is 4.79 Å². The molecule has 1 atom stereocenters. The Morgan fingerprint density at radius 1 is 1.23 bits per heavy atom. The van der Waals surface area contributed by atoms with Crippen LogP contribution in [0.15, 0.2) is 27.4 Å². The van der Waals surface area contributed by atoms with Gasteiger partial charge < -0.3 is 19.2 Å². The number of thioether (sulfide) groups is 1. The highest BCUT2D eigenvalue weighted by Gasteiger charge is 2.26. The molecule has 0 aliphatic rings. The van der Waals surface area contributed by atoms with E-state index in [2.05, 4.69) is 5.32 Å². The second-order valence-corrected chi connectivity index (χ2v) is 8.95. The minimum Gasteiger partial charge on any atom is -0.444 e. The molecule has 8 heteroatoms. The normalized spacial score (nSPS) is 12.5. The number of carbonyl (C=O) groups is 2. The molecule has 1 heterocycles. The number of aryl methyl sites for hydroxylation is 2. The Balaban J connectivity index is 2.30. The molecule has 0 radical (unpaired) electrons. The largest absolute Gasteiger partial charge is 0.444 e. The maximum absolute atomic E-state index is 12.9. The van der Waals surface area contributed by atoms with E-state index in [1.54, 1.807) is 38.6 Å². The molecule has 0 aliphatic heterocycles. The van der Waals surface area contributed by atoms with E-state index in [-0.39, 0.29) is 0 Å². The van der Waals surface area contributed by atoms with Gasteiger partial charge in [-0.15, -0.1) is 0 Å².